The minimum absolute atomic E-state index is 0.236. The third kappa shape index (κ3) is 5.28. The van der Waals surface area contributed by atoms with Gasteiger partial charge in [0.05, 0.1) is 13.7 Å². The van der Waals surface area contributed by atoms with Gasteiger partial charge in [0.2, 0.25) is 5.88 Å². The van der Waals surface area contributed by atoms with E-state index in [1.807, 2.05) is 12.3 Å². The zero-order valence-corrected chi connectivity index (χ0v) is 13.7. The minimum atomic E-state index is -0.236. The maximum atomic E-state index is 11.9. The Morgan fingerprint density at radius 3 is 2.70 bits per heavy atom. The van der Waals surface area contributed by atoms with Crippen molar-refractivity contribution in [1.82, 2.24) is 25.2 Å². The number of ether oxygens (including phenoxy) is 1. The number of carbonyl (C=O) groups is 1. The van der Waals surface area contributed by atoms with Crippen LogP contribution in [0, 0.1) is 5.92 Å². The smallest absolute Gasteiger partial charge is 0.315 e. The number of hydrogen-bond acceptors (Lipinski definition) is 4. The van der Waals surface area contributed by atoms with Crippen molar-refractivity contribution in [2.24, 2.45) is 5.92 Å². The molecule has 0 saturated carbocycles. The van der Waals surface area contributed by atoms with Crippen LogP contribution in [0.5, 0.6) is 5.88 Å². The summed E-state index contributed by atoms with van der Waals surface area (Å²) in [5, 5.41) is 5.60. The molecule has 0 spiro atoms. The number of imidazole rings is 1. The molecular weight excluding hydrogens is 294 g/mol. The molecule has 0 aromatic carbocycles. The first-order valence-corrected chi connectivity index (χ1v) is 7.59. The Hall–Kier alpha value is -2.57. The molecule has 2 aromatic heterocycles. The molecule has 0 radical (unpaired) electrons. The highest BCUT2D eigenvalue weighted by molar-refractivity contribution is 5.73. The van der Waals surface area contributed by atoms with E-state index in [4.69, 9.17) is 4.74 Å². The molecule has 0 fully saturated rings. The fourth-order valence-corrected chi connectivity index (χ4v) is 2.11. The second kappa shape index (κ2) is 8.17. The van der Waals surface area contributed by atoms with Crippen molar-refractivity contribution in [2.45, 2.75) is 33.5 Å². The standard InChI is InChI=1S/C16H23N5O2/c1-12(2)11-21-7-6-17-14(21)10-20-16(22)19-9-13-4-5-15(23-3)18-8-13/h4-8,12H,9-11H2,1-3H3,(H2,19,20,22). The number of carbonyl (C=O) groups excluding carboxylic acids is 1. The lowest BCUT2D eigenvalue weighted by molar-refractivity contribution is 0.239. The Morgan fingerprint density at radius 1 is 1.26 bits per heavy atom. The number of urea groups is 1. The van der Waals surface area contributed by atoms with Gasteiger partial charge < -0.3 is 19.9 Å². The predicted octanol–water partition coefficient (Wildman–Crippen LogP) is 1.94. The molecule has 2 aromatic rings. The Morgan fingerprint density at radius 2 is 2.04 bits per heavy atom. The molecule has 0 unspecified atom stereocenters. The molecule has 0 aliphatic heterocycles. The highest BCUT2D eigenvalue weighted by Crippen LogP contribution is 2.06. The molecule has 7 nitrogen and oxygen atoms in total. The molecule has 0 aliphatic rings. The zero-order chi connectivity index (χ0) is 16.7. The Kier molecular flexibility index (Phi) is 5.96. The van der Waals surface area contributed by atoms with E-state index in [2.05, 4.69) is 39.0 Å². The van der Waals surface area contributed by atoms with Crippen LogP contribution < -0.4 is 15.4 Å². The van der Waals surface area contributed by atoms with Crippen LogP contribution in [0.3, 0.4) is 0 Å². The van der Waals surface area contributed by atoms with Crippen LogP contribution in [-0.2, 0) is 19.6 Å². The number of hydrogen-bond donors (Lipinski definition) is 2. The van der Waals surface area contributed by atoms with E-state index >= 15 is 0 Å². The van der Waals surface area contributed by atoms with Gasteiger partial charge in [0.15, 0.2) is 0 Å². The molecule has 2 amide bonds. The highest BCUT2D eigenvalue weighted by Gasteiger charge is 2.07. The van der Waals surface area contributed by atoms with Crippen LogP contribution in [0.25, 0.3) is 0 Å². The van der Waals surface area contributed by atoms with Gasteiger partial charge >= 0.3 is 6.03 Å². The van der Waals surface area contributed by atoms with Crippen LogP contribution in [0.1, 0.15) is 25.2 Å². The fourth-order valence-electron chi connectivity index (χ4n) is 2.11. The number of nitrogens with one attached hydrogen (secondary N) is 2. The maximum absolute atomic E-state index is 11.9. The van der Waals surface area contributed by atoms with Crippen LogP contribution in [0.15, 0.2) is 30.7 Å². The van der Waals surface area contributed by atoms with Crippen molar-refractivity contribution < 1.29 is 9.53 Å². The molecular formula is C16H23N5O2. The first-order valence-electron chi connectivity index (χ1n) is 7.59. The number of rotatable bonds is 7. The molecule has 0 atom stereocenters. The van der Waals surface area contributed by atoms with E-state index in [1.165, 1.54) is 0 Å². The van der Waals surface area contributed by atoms with E-state index in [-0.39, 0.29) is 6.03 Å². The van der Waals surface area contributed by atoms with Crippen LogP contribution in [-0.4, -0.2) is 27.7 Å². The molecule has 2 rings (SSSR count). The van der Waals surface area contributed by atoms with Gasteiger partial charge in [0.1, 0.15) is 5.82 Å². The number of aromatic nitrogens is 3. The van der Waals surface area contributed by atoms with Gasteiger partial charge in [-0.3, -0.25) is 0 Å². The van der Waals surface area contributed by atoms with Crippen LogP contribution >= 0.6 is 0 Å². The average Bonchev–Trinajstić information content (AvgIpc) is 2.97. The summed E-state index contributed by atoms with van der Waals surface area (Å²) in [5.41, 5.74) is 0.905. The van der Waals surface area contributed by atoms with Gasteiger partial charge in [-0.2, -0.15) is 0 Å². The molecule has 0 aliphatic carbocycles. The molecule has 7 heteroatoms. The summed E-state index contributed by atoms with van der Waals surface area (Å²) in [6.07, 6.45) is 5.35. The average molecular weight is 317 g/mol. The summed E-state index contributed by atoms with van der Waals surface area (Å²) >= 11 is 0. The number of methoxy groups -OCH3 is 1. The van der Waals surface area contributed by atoms with E-state index in [0.717, 1.165) is 17.9 Å². The molecule has 124 valence electrons. The van der Waals surface area contributed by atoms with E-state index < -0.39 is 0 Å². The number of nitrogens with zero attached hydrogens (tertiary/aromatic N) is 3. The molecule has 2 heterocycles. The zero-order valence-electron chi connectivity index (χ0n) is 13.7. The van der Waals surface area contributed by atoms with Gasteiger partial charge in [0.25, 0.3) is 0 Å². The summed E-state index contributed by atoms with van der Waals surface area (Å²) in [6.45, 7) is 5.98. The number of pyridine rings is 1. The fraction of sp³-hybridized carbons (Fsp3) is 0.438. The Labute approximate surface area is 136 Å². The summed E-state index contributed by atoms with van der Waals surface area (Å²) in [5.74, 6) is 1.93. The van der Waals surface area contributed by atoms with Gasteiger partial charge in [-0.1, -0.05) is 19.9 Å². The summed E-state index contributed by atoms with van der Waals surface area (Å²) in [7, 11) is 1.57. The van der Waals surface area contributed by atoms with Gasteiger partial charge in [-0.05, 0) is 11.5 Å². The first-order chi connectivity index (χ1) is 11.1. The lowest BCUT2D eigenvalue weighted by Crippen LogP contribution is -2.35. The van der Waals surface area contributed by atoms with Gasteiger partial charge in [-0.15, -0.1) is 0 Å². The van der Waals surface area contributed by atoms with Gasteiger partial charge in [0, 0.05) is 37.7 Å². The van der Waals surface area contributed by atoms with Crippen LogP contribution in [0.4, 0.5) is 4.79 Å². The van der Waals surface area contributed by atoms with E-state index in [9.17, 15) is 4.79 Å². The SMILES string of the molecule is COc1ccc(CNC(=O)NCc2nccn2CC(C)C)cn1. The van der Waals surface area contributed by atoms with E-state index in [0.29, 0.717) is 24.9 Å². The summed E-state index contributed by atoms with van der Waals surface area (Å²) in [6, 6.07) is 3.39. The molecule has 2 N–H and O–H groups in total. The molecule has 0 bridgehead atoms. The van der Waals surface area contributed by atoms with Crippen molar-refractivity contribution in [3.63, 3.8) is 0 Å². The summed E-state index contributed by atoms with van der Waals surface area (Å²) < 4.78 is 7.05. The lowest BCUT2D eigenvalue weighted by Gasteiger charge is -2.11. The largest absolute Gasteiger partial charge is 0.481 e. The van der Waals surface area contributed by atoms with Crippen molar-refractivity contribution in [3.8, 4) is 5.88 Å². The lowest BCUT2D eigenvalue weighted by atomic mass is 10.2. The van der Waals surface area contributed by atoms with Crippen molar-refractivity contribution in [1.29, 1.82) is 0 Å². The van der Waals surface area contributed by atoms with Crippen molar-refractivity contribution in [3.05, 3.63) is 42.1 Å². The normalized spacial score (nSPS) is 10.6. The molecule has 23 heavy (non-hydrogen) atoms. The third-order valence-electron chi connectivity index (χ3n) is 3.23. The second-order valence-electron chi connectivity index (χ2n) is 5.63. The molecule has 0 saturated heterocycles. The minimum Gasteiger partial charge on any atom is -0.481 e. The van der Waals surface area contributed by atoms with Crippen molar-refractivity contribution >= 4 is 6.03 Å². The Balaban J connectivity index is 1.77. The summed E-state index contributed by atoms with van der Waals surface area (Å²) in [4.78, 5) is 20.2. The van der Waals surface area contributed by atoms with Crippen molar-refractivity contribution in [2.75, 3.05) is 7.11 Å². The third-order valence-corrected chi connectivity index (χ3v) is 3.23. The topological polar surface area (TPSA) is 81.1 Å². The quantitative estimate of drug-likeness (QED) is 0.818. The maximum Gasteiger partial charge on any atom is 0.315 e. The van der Waals surface area contributed by atoms with E-state index in [1.54, 1.807) is 25.6 Å². The first kappa shape index (κ1) is 16.8. The van der Waals surface area contributed by atoms with Crippen LogP contribution in [0.2, 0.25) is 0 Å². The van der Waals surface area contributed by atoms with Gasteiger partial charge in [-0.25, -0.2) is 14.8 Å². The monoisotopic (exact) mass is 317 g/mol. The predicted molar refractivity (Wildman–Crippen MR) is 86.9 cm³/mol. The second-order valence-corrected chi connectivity index (χ2v) is 5.63. The highest BCUT2D eigenvalue weighted by atomic mass is 16.5. The number of amides is 2. The Bertz CT molecular complexity index is 622.